The standard InChI is InChI=1S/C22H29N5O3/c23-22(24)25-13-7-12-18(21(29)30)27-20(28)15-26-19(17-10-5-2-6-11-17)14-16-8-3-1-4-9-16/h1-6,8-11,18-19,26H,7,12-15H2,(H,27,28)(H,29,30)(H4,23,24,25)/t18-,19?/m0/s1. The number of nitrogens with zero attached hydrogens (tertiary/aromatic N) is 1. The van der Waals surface area contributed by atoms with Crippen LogP contribution in [0.2, 0.25) is 0 Å². The first-order valence-electron chi connectivity index (χ1n) is 9.85. The van der Waals surface area contributed by atoms with Crippen LogP contribution in [0, 0.1) is 0 Å². The molecule has 8 heteroatoms. The zero-order chi connectivity index (χ0) is 21.8. The average Bonchev–Trinajstić information content (AvgIpc) is 2.74. The average molecular weight is 412 g/mol. The normalized spacial score (nSPS) is 12.5. The predicted octanol–water partition coefficient (Wildman–Crippen LogP) is 1.18. The van der Waals surface area contributed by atoms with Crippen molar-refractivity contribution in [3.63, 3.8) is 0 Å². The number of hydrogen-bond acceptors (Lipinski definition) is 4. The molecule has 0 aliphatic carbocycles. The van der Waals surface area contributed by atoms with E-state index in [0.717, 1.165) is 11.1 Å². The van der Waals surface area contributed by atoms with Gasteiger partial charge in [-0.2, -0.15) is 0 Å². The van der Waals surface area contributed by atoms with Crippen molar-refractivity contribution < 1.29 is 14.7 Å². The van der Waals surface area contributed by atoms with Crippen molar-refractivity contribution in [1.29, 1.82) is 0 Å². The number of carboxylic acid groups (broad SMARTS) is 1. The van der Waals surface area contributed by atoms with Crippen LogP contribution in [0.4, 0.5) is 0 Å². The maximum atomic E-state index is 12.4. The molecule has 2 aromatic carbocycles. The van der Waals surface area contributed by atoms with Crippen LogP contribution in [0.1, 0.15) is 30.0 Å². The predicted molar refractivity (Wildman–Crippen MR) is 117 cm³/mol. The van der Waals surface area contributed by atoms with Gasteiger partial charge in [-0.05, 0) is 30.4 Å². The lowest BCUT2D eigenvalue weighted by Crippen LogP contribution is -2.45. The fourth-order valence-corrected chi connectivity index (χ4v) is 3.07. The number of guanidine groups is 1. The Labute approximate surface area is 176 Å². The van der Waals surface area contributed by atoms with Crippen molar-refractivity contribution in [2.45, 2.75) is 31.3 Å². The maximum absolute atomic E-state index is 12.4. The van der Waals surface area contributed by atoms with Gasteiger partial charge in [0.15, 0.2) is 5.96 Å². The van der Waals surface area contributed by atoms with E-state index in [4.69, 9.17) is 11.5 Å². The number of hydrogen-bond donors (Lipinski definition) is 5. The van der Waals surface area contributed by atoms with Crippen molar-refractivity contribution in [3.05, 3.63) is 71.8 Å². The summed E-state index contributed by atoms with van der Waals surface area (Å²) in [5.41, 5.74) is 12.7. The minimum absolute atomic E-state index is 0.00404. The van der Waals surface area contributed by atoms with E-state index in [1.54, 1.807) is 0 Å². The first-order chi connectivity index (χ1) is 14.5. The molecule has 0 radical (unpaired) electrons. The van der Waals surface area contributed by atoms with Crippen LogP contribution in [0.25, 0.3) is 0 Å². The first-order valence-corrected chi connectivity index (χ1v) is 9.85. The summed E-state index contributed by atoms with van der Waals surface area (Å²) in [4.78, 5) is 27.6. The summed E-state index contributed by atoms with van der Waals surface area (Å²) in [5.74, 6) is -1.50. The van der Waals surface area contributed by atoms with Gasteiger partial charge in [-0.3, -0.25) is 9.79 Å². The lowest BCUT2D eigenvalue weighted by molar-refractivity contribution is -0.141. The molecule has 0 bridgehead atoms. The van der Waals surface area contributed by atoms with E-state index >= 15 is 0 Å². The number of carbonyl (C=O) groups excluding carboxylic acids is 1. The second-order valence-corrected chi connectivity index (χ2v) is 6.94. The van der Waals surface area contributed by atoms with Gasteiger partial charge in [-0.1, -0.05) is 60.7 Å². The highest BCUT2D eigenvalue weighted by molar-refractivity contribution is 5.84. The molecule has 0 saturated heterocycles. The third-order valence-electron chi connectivity index (χ3n) is 4.57. The zero-order valence-electron chi connectivity index (χ0n) is 16.8. The highest BCUT2D eigenvalue weighted by Crippen LogP contribution is 2.18. The van der Waals surface area contributed by atoms with Crippen molar-refractivity contribution >= 4 is 17.8 Å². The molecule has 160 valence electrons. The van der Waals surface area contributed by atoms with E-state index in [2.05, 4.69) is 15.6 Å². The summed E-state index contributed by atoms with van der Waals surface area (Å²) in [6.45, 7) is 0.317. The summed E-state index contributed by atoms with van der Waals surface area (Å²) < 4.78 is 0. The molecule has 0 fully saturated rings. The molecule has 0 heterocycles. The topological polar surface area (TPSA) is 143 Å². The van der Waals surface area contributed by atoms with Crippen molar-refractivity contribution in [2.75, 3.05) is 13.1 Å². The van der Waals surface area contributed by atoms with Crippen LogP contribution in [0.3, 0.4) is 0 Å². The molecule has 1 amide bonds. The van der Waals surface area contributed by atoms with Crippen molar-refractivity contribution in [3.8, 4) is 0 Å². The molecule has 0 aromatic heterocycles. The number of carboxylic acids is 1. The number of nitrogens with one attached hydrogen (secondary N) is 2. The molecule has 2 aromatic rings. The van der Waals surface area contributed by atoms with Crippen LogP contribution in [0.15, 0.2) is 65.7 Å². The van der Waals surface area contributed by atoms with Crippen LogP contribution in [-0.2, 0) is 16.0 Å². The van der Waals surface area contributed by atoms with Gasteiger partial charge < -0.3 is 27.2 Å². The van der Waals surface area contributed by atoms with E-state index in [-0.39, 0.29) is 30.9 Å². The molecule has 30 heavy (non-hydrogen) atoms. The van der Waals surface area contributed by atoms with Gasteiger partial charge in [0.05, 0.1) is 6.54 Å². The number of aliphatic imine (C=N–C) groups is 1. The molecule has 0 spiro atoms. The Kier molecular flexibility index (Phi) is 9.33. The molecule has 0 aliphatic heterocycles. The van der Waals surface area contributed by atoms with Gasteiger partial charge in [-0.15, -0.1) is 0 Å². The monoisotopic (exact) mass is 411 g/mol. The minimum atomic E-state index is -1.09. The Morgan fingerprint density at radius 3 is 2.23 bits per heavy atom. The Hall–Kier alpha value is -3.39. The summed E-state index contributed by atoms with van der Waals surface area (Å²) >= 11 is 0. The largest absolute Gasteiger partial charge is 0.480 e. The second kappa shape index (κ2) is 12.2. The highest BCUT2D eigenvalue weighted by Gasteiger charge is 2.20. The van der Waals surface area contributed by atoms with Crippen LogP contribution in [0.5, 0.6) is 0 Å². The molecular weight excluding hydrogens is 382 g/mol. The number of aliphatic carboxylic acids is 1. The highest BCUT2D eigenvalue weighted by atomic mass is 16.4. The number of benzene rings is 2. The fraction of sp³-hybridized carbons (Fsp3) is 0.318. The first kappa shape index (κ1) is 22.9. The molecule has 8 nitrogen and oxygen atoms in total. The van der Waals surface area contributed by atoms with Crippen LogP contribution in [-0.4, -0.2) is 42.1 Å². The lowest BCUT2D eigenvalue weighted by Gasteiger charge is -2.20. The third kappa shape index (κ3) is 8.32. The smallest absolute Gasteiger partial charge is 0.326 e. The fourth-order valence-electron chi connectivity index (χ4n) is 3.07. The molecule has 1 unspecified atom stereocenters. The number of rotatable bonds is 12. The zero-order valence-corrected chi connectivity index (χ0v) is 16.8. The van der Waals surface area contributed by atoms with Crippen LogP contribution < -0.4 is 22.1 Å². The van der Waals surface area contributed by atoms with Crippen LogP contribution >= 0.6 is 0 Å². The second-order valence-electron chi connectivity index (χ2n) is 6.94. The number of nitrogens with two attached hydrogens (primary N) is 2. The Bertz CT molecular complexity index is 823. The SMILES string of the molecule is NC(N)=NCCC[C@H](NC(=O)CNC(Cc1ccccc1)c1ccccc1)C(=O)O. The Morgan fingerprint density at radius 1 is 1.00 bits per heavy atom. The van der Waals surface area contributed by atoms with E-state index in [0.29, 0.717) is 19.4 Å². The summed E-state index contributed by atoms with van der Waals surface area (Å²) in [5, 5.41) is 15.2. The van der Waals surface area contributed by atoms with E-state index in [9.17, 15) is 14.7 Å². The van der Waals surface area contributed by atoms with E-state index in [1.807, 2.05) is 60.7 Å². The third-order valence-corrected chi connectivity index (χ3v) is 4.57. The summed E-state index contributed by atoms with van der Waals surface area (Å²) in [6.07, 6.45) is 1.40. The molecule has 0 saturated carbocycles. The Balaban J connectivity index is 1.93. The molecule has 0 aliphatic rings. The maximum Gasteiger partial charge on any atom is 0.326 e. The van der Waals surface area contributed by atoms with Gasteiger partial charge >= 0.3 is 5.97 Å². The van der Waals surface area contributed by atoms with Gasteiger partial charge in [0, 0.05) is 12.6 Å². The minimum Gasteiger partial charge on any atom is -0.480 e. The van der Waals surface area contributed by atoms with E-state index in [1.165, 1.54) is 0 Å². The Morgan fingerprint density at radius 2 is 1.63 bits per heavy atom. The van der Waals surface area contributed by atoms with Gasteiger partial charge in [0.2, 0.25) is 5.91 Å². The molecule has 7 N–H and O–H groups in total. The van der Waals surface area contributed by atoms with Gasteiger partial charge in [-0.25, -0.2) is 4.79 Å². The van der Waals surface area contributed by atoms with Gasteiger partial charge in [0.1, 0.15) is 6.04 Å². The summed E-state index contributed by atoms with van der Waals surface area (Å²) in [7, 11) is 0. The summed E-state index contributed by atoms with van der Waals surface area (Å²) in [6, 6.07) is 18.8. The van der Waals surface area contributed by atoms with Crippen molar-refractivity contribution in [1.82, 2.24) is 10.6 Å². The van der Waals surface area contributed by atoms with Gasteiger partial charge in [0.25, 0.3) is 0 Å². The van der Waals surface area contributed by atoms with E-state index < -0.39 is 12.0 Å². The molecular formula is C22H29N5O3. The number of amides is 1. The number of carbonyl (C=O) groups is 2. The molecule has 2 atom stereocenters. The molecule has 2 rings (SSSR count). The lowest BCUT2D eigenvalue weighted by atomic mass is 9.99. The van der Waals surface area contributed by atoms with Crippen molar-refractivity contribution in [2.24, 2.45) is 16.5 Å². The quantitative estimate of drug-likeness (QED) is 0.202.